The summed E-state index contributed by atoms with van der Waals surface area (Å²) >= 11 is 0. The van der Waals surface area contributed by atoms with E-state index in [0.717, 1.165) is 0 Å². The van der Waals surface area contributed by atoms with Gasteiger partial charge in [-0.3, -0.25) is 14.4 Å². The molecule has 0 bridgehead atoms. The maximum atomic E-state index is 13.3. The van der Waals surface area contributed by atoms with E-state index in [2.05, 4.69) is 5.32 Å². The van der Waals surface area contributed by atoms with Crippen LogP contribution < -0.4 is 5.32 Å². The average molecular weight is 462 g/mol. The molecule has 1 atom stereocenters. The predicted octanol–water partition coefficient (Wildman–Crippen LogP) is 1.91. The molecule has 3 rings (SSSR count). The second kappa shape index (κ2) is 9.47. The summed E-state index contributed by atoms with van der Waals surface area (Å²) in [6, 6.07) is 10.6. The zero-order valence-electron chi connectivity index (χ0n) is 17.7. The minimum Gasteiger partial charge on any atom is -0.357 e. The first-order chi connectivity index (χ1) is 15.2. The number of benzene rings is 2. The molecule has 0 aromatic heterocycles. The van der Waals surface area contributed by atoms with Crippen LogP contribution in [0, 0.1) is 5.82 Å². The van der Waals surface area contributed by atoms with E-state index in [1.54, 1.807) is 13.0 Å². The molecule has 1 aliphatic rings. The van der Waals surface area contributed by atoms with E-state index < -0.39 is 33.7 Å². The Morgan fingerprint density at radius 3 is 2.38 bits per heavy atom. The standard InChI is InChI=1S/C22H24FN3O5S/c1-3-18(21(28)24-2)25(14-15-8-10-16(23)11-9-15)20(27)12-13-26-22(29)17-6-4-5-7-19(17)32(26,30)31/h4-11,18H,3,12-14H2,1-2H3,(H,24,28). The van der Waals surface area contributed by atoms with Crippen molar-refractivity contribution < 1.29 is 27.2 Å². The van der Waals surface area contributed by atoms with Crippen LogP contribution in [0.25, 0.3) is 0 Å². The molecule has 170 valence electrons. The van der Waals surface area contributed by atoms with Crippen LogP contribution in [-0.2, 0) is 26.2 Å². The lowest BCUT2D eigenvalue weighted by molar-refractivity contribution is -0.141. The molecule has 0 saturated carbocycles. The van der Waals surface area contributed by atoms with Gasteiger partial charge in [0.25, 0.3) is 15.9 Å². The monoisotopic (exact) mass is 461 g/mol. The molecule has 2 aromatic rings. The van der Waals surface area contributed by atoms with Gasteiger partial charge in [-0.2, -0.15) is 0 Å². The molecule has 1 aliphatic heterocycles. The van der Waals surface area contributed by atoms with Gasteiger partial charge in [0.1, 0.15) is 16.8 Å². The second-order valence-electron chi connectivity index (χ2n) is 7.31. The number of nitrogens with zero attached hydrogens (tertiary/aromatic N) is 2. The van der Waals surface area contributed by atoms with E-state index in [1.165, 1.54) is 54.4 Å². The van der Waals surface area contributed by atoms with Crippen molar-refractivity contribution >= 4 is 27.7 Å². The zero-order chi connectivity index (χ0) is 23.5. The molecule has 0 fully saturated rings. The summed E-state index contributed by atoms with van der Waals surface area (Å²) in [6.45, 7) is 1.43. The molecular weight excluding hydrogens is 437 g/mol. The number of hydrogen-bond acceptors (Lipinski definition) is 5. The van der Waals surface area contributed by atoms with Crippen molar-refractivity contribution in [1.82, 2.24) is 14.5 Å². The van der Waals surface area contributed by atoms with Crippen LogP contribution in [0.5, 0.6) is 0 Å². The molecule has 8 nitrogen and oxygen atoms in total. The SMILES string of the molecule is CCC(C(=O)NC)N(Cc1ccc(F)cc1)C(=O)CCN1C(=O)c2ccccc2S1(=O)=O. The molecule has 0 spiro atoms. The Morgan fingerprint density at radius 2 is 1.78 bits per heavy atom. The summed E-state index contributed by atoms with van der Waals surface area (Å²) in [5.74, 6) is -1.98. The fourth-order valence-corrected chi connectivity index (χ4v) is 5.24. The lowest BCUT2D eigenvalue weighted by atomic mass is 10.1. The van der Waals surface area contributed by atoms with Crippen LogP contribution in [-0.4, -0.2) is 55.0 Å². The van der Waals surface area contributed by atoms with Crippen molar-refractivity contribution in [3.63, 3.8) is 0 Å². The van der Waals surface area contributed by atoms with E-state index in [9.17, 15) is 27.2 Å². The molecule has 32 heavy (non-hydrogen) atoms. The number of rotatable bonds is 8. The Hall–Kier alpha value is -3.27. The van der Waals surface area contributed by atoms with Gasteiger partial charge >= 0.3 is 0 Å². The molecule has 1 heterocycles. The molecule has 0 saturated heterocycles. The van der Waals surface area contributed by atoms with E-state index in [1.807, 2.05) is 0 Å². The zero-order valence-corrected chi connectivity index (χ0v) is 18.6. The first-order valence-corrected chi connectivity index (χ1v) is 11.6. The van der Waals surface area contributed by atoms with Gasteiger partial charge in [0.2, 0.25) is 11.8 Å². The van der Waals surface area contributed by atoms with Crippen molar-refractivity contribution in [1.29, 1.82) is 0 Å². The lowest BCUT2D eigenvalue weighted by Crippen LogP contribution is -2.49. The third kappa shape index (κ3) is 4.50. The first kappa shape index (κ1) is 23.4. The van der Waals surface area contributed by atoms with Crippen LogP contribution in [0.3, 0.4) is 0 Å². The average Bonchev–Trinajstić information content (AvgIpc) is 2.98. The van der Waals surface area contributed by atoms with Crippen LogP contribution in [0.4, 0.5) is 4.39 Å². The van der Waals surface area contributed by atoms with E-state index in [4.69, 9.17) is 0 Å². The highest BCUT2D eigenvalue weighted by Gasteiger charge is 2.41. The van der Waals surface area contributed by atoms with E-state index >= 15 is 0 Å². The van der Waals surface area contributed by atoms with Gasteiger partial charge in [-0.1, -0.05) is 31.2 Å². The van der Waals surface area contributed by atoms with E-state index in [-0.39, 0.29) is 35.9 Å². The van der Waals surface area contributed by atoms with Crippen molar-refractivity contribution in [3.8, 4) is 0 Å². The number of nitrogens with one attached hydrogen (secondary N) is 1. The Bertz CT molecular complexity index is 1130. The highest BCUT2D eigenvalue weighted by molar-refractivity contribution is 7.90. The van der Waals surface area contributed by atoms with Crippen molar-refractivity contribution in [2.24, 2.45) is 0 Å². The third-order valence-electron chi connectivity index (χ3n) is 5.34. The molecule has 1 unspecified atom stereocenters. The minimum absolute atomic E-state index is 0.0337. The van der Waals surface area contributed by atoms with Gasteiger partial charge in [-0.25, -0.2) is 17.1 Å². The van der Waals surface area contributed by atoms with Crippen LogP contribution in [0.1, 0.15) is 35.7 Å². The fraction of sp³-hybridized carbons (Fsp3) is 0.318. The summed E-state index contributed by atoms with van der Waals surface area (Å²) in [4.78, 5) is 39.3. The second-order valence-corrected chi connectivity index (χ2v) is 9.15. The molecular formula is C22H24FN3O5S. The normalized spacial score (nSPS) is 15.2. The maximum absolute atomic E-state index is 13.3. The molecule has 0 aliphatic carbocycles. The van der Waals surface area contributed by atoms with Crippen LogP contribution in [0.15, 0.2) is 53.4 Å². The van der Waals surface area contributed by atoms with Crippen molar-refractivity contribution in [2.45, 2.75) is 37.2 Å². The fourth-order valence-electron chi connectivity index (χ4n) is 3.67. The quantitative estimate of drug-likeness (QED) is 0.647. The largest absolute Gasteiger partial charge is 0.357 e. The number of fused-ring (bicyclic) bond motifs is 1. The number of hydrogen-bond donors (Lipinski definition) is 1. The summed E-state index contributed by atoms with van der Waals surface area (Å²) in [7, 11) is -2.58. The highest BCUT2D eigenvalue weighted by Crippen LogP contribution is 2.30. The molecule has 2 aromatic carbocycles. The first-order valence-electron chi connectivity index (χ1n) is 10.1. The maximum Gasteiger partial charge on any atom is 0.269 e. The Labute approximate surface area is 186 Å². The Morgan fingerprint density at radius 1 is 1.12 bits per heavy atom. The third-order valence-corrected chi connectivity index (χ3v) is 7.18. The summed E-state index contributed by atoms with van der Waals surface area (Å²) in [5, 5.41) is 2.52. The highest BCUT2D eigenvalue weighted by atomic mass is 32.2. The number of carbonyl (C=O) groups excluding carboxylic acids is 3. The summed E-state index contributed by atoms with van der Waals surface area (Å²) in [6.07, 6.45) is 0.0205. The van der Waals surface area contributed by atoms with Crippen LogP contribution >= 0.6 is 0 Å². The molecule has 3 amide bonds. The number of amides is 3. The van der Waals surface area contributed by atoms with Crippen LogP contribution in [0.2, 0.25) is 0 Å². The van der Waals surface area contributed by atoms with Gasteiger partial charge in [0, 0.05) is 26.6 Å². The molecule has 10 heteroatoms. The Balaban J connectivity index is 1.81. The Kier molecular flexibility index (Phi) is 6.93. The predicted molar refractivity (Wildman–Crippen MR) is 114 cm³/mol. The molecule has 1 N–H and O–H groups in total. The van der Waals surface area contributed by atoms with Gasteiger partial charge in [-0.05, 0) is 36.2 Å². The smallest absolute Gasteiger partial charge is 0.269 e. The van der Waals surface area contributed by atoms with Crippen molar-refractivity contribution in [3.05, 3.63) is 65.5 Å². The number of halogens is 1. The number of likely N-dealkylation sites (N-methyl/N-ethyl adjacent to an activating group) is 1. The molecule has 0 radical (unpaired) electrons. The van der Waals surface area contributed by atoms with Gasteiger partial charge in [0.15, 0.2) is 0 Å². The topological polar surface area (TPSA) is 104 Å². The number of sulfonamides is 1. The van der Waals surface area contributed by atoms with Gasteiger partial charge in [-0.15, -0.1) is 0 Å². The van der Waals surface area contributed by atoms with Crippen molar-refractivity contribution in [2.75, 3.05) is 13.6 Å². The summed E-state index contributed by atoms with van der Waals surface area (Å²) < 4.78 is 39.4. The number of carbonyl (C=O) groups is 3. The minimum atomic E-state index is -4.04. The van der Waals surface area contributed by atoms with Gasteiger partial charge < -0.3 is 10.2 Å². The lowest BCUT2D eigenvalue weighted by Gasteiger charge is -2.30. The van der Waals surface area contributed by atoms with E-state index in [0.29, 0.717) is 16.3 Å². The van der Waals surface area contributed by atoms with Gasteiger partial charge in [0.05, 0.1) is 5.56 Å². The summed E-state index contributed by atoms with van der Waals surface area (Å²) in [5.41, 5.74) is 0.680.